The average Bonchev–Trinajstić information content (AvgIpc) is 3.15. The lowest BCUT2D eigenvalue weighted by atomic mass is 9.90. The van der Waals surface area contributed by atoms with Crippen LogP contribution in [0.15, 0.2) is 22.7 Å². The molecule has 1 N–H and O–H groups in total. The molecule has 4 heteroatoms. The van der Waals surface area contributed by atoms with Crippen LogP contribution in [-0.4, -0.2) is 30.1 Å². The van der Waals surface area contributed by atoms with Crippen molar-refractivity contribution in [2.45, 2.75) is 31.8 Å². The highest BCUT2D eigenvalue weighted by Gasteiger charge is 2.46. The molecule has 3 rings (SSSR count). The molecule has 104 valence electrons. The summed E-state index contributed by atoms with van der Waals surface area (Å²) in [4.78, 5) is 2.53. The van der Waals surface area contributed by atoms with Crippen molar-refractivity contribution in [3.8, 4) is 0 Å². The van der Waals surface area contributed by atoms with E-state index in [0.29, 0.717) is 0 Å². The van der Waals surface area contributed by atoms with Crippen molar-refractivity contribution >= 4 is 15.9 Å². The summed E-state index contributed by atoms with van der Waals surface area (Å²) in [5.74, 6) is 0.643. The van der Waals surface area contributed by atoms with E-state index in [1.54, 1.807) is 6.07 Å². The van der Waals surface area contributed by atoms with E-state index in [9.17, 15) is 4.39 Å². The molecular formula is C15H20BrFN2. The maximum Gasteiger partial charge on any atom is 0.124 e. The molecule has 0 radical (unpaired) electrons. The van der Waals surface area contributed by atoms with Crippen molar-refractivity contribution < 1.29 is 4.39 Å². The smallest absolute Gasteiger partial charge is 0.124 e. The van der Waals surface area contributed by atoms with Crippen LogP contribution in [0.3, 0.4) is 0 Å². The van der Waals surface area contributed by atoms with Crippen LogP contribution < -0.4 is 5.32 Å². The van der Waals surface area contributed by atoms with Gasteiger partial charge in [0.25, 0.3) is 0 Å². The maximum absolute atomic E-state index is 13.5. The molecule has 1 atom stereocenters. The first-order chi connectivity index (χ1) is 9.08. The molecule has 1 saturated heterocycles. The summed E-state index contributed by atoms with van der Waals surface area (Å²) in [5.41, 5.74) is 1.29. The first-order valence-corrected chi connectivity index (χ1v) is 7.78. The van der Waals surface area contributed by atoms with Crippen LogP contribution in [0.25, 0.3) is 0 Å². The van der Waals surface area contributed by atoms with Crippen molar-refractivity contribution in [1.82, 2.24) is 10.2 Å². The van der Waals surface area contributed by atoms with Gasteiger partial charge in [-0.3, -0.25) is 4.90 Å². The van der Waals surface area contributed by atoms with Crippen LogP contribution in [0.5, 0.6) is 0 Å². The topological polar surface area (TPSA) is 15.3 Å². The normalized spacial score (nSPS) is 28.6. The fraction of sp³-hybridized carbons (Fsp3) is 0.600. The van der Waals surface area contributed by atoms with Crippen LogP contribution in [0.2, 0.25) is 0 Å². The Bertz CT molecular complexity index is 455. The van der Waals surface area contributed by atoms with Gasteiger partial charge in [-0.2, -0.15) is 0 Å². The van der Waals surface area contributed by atoms with E-state index >= 15 is 0 Å². The molecule has 1 aromatic rings. The molecule has 1 aliphatic heterocycles. The second kappa shape index (κ2) is 5.15. The molecule has 1 heterocycles. The van der Waals surface area contributed by atoms with Gasteiger partial charge in [0.05, 0.1) is 0 Å². The molecule has 1 aromatic carbocycles. The van der Waals surface area contributed by atoms with Crippen molar-refractivity contribution in [2.75, 3.05) is 19.6 Å². The summed E-state index contributed by atoms with van der Waals surface area (Å²) < 4.78 is 14.3. The number of rotatable bonds is 3. The third kappa shape index (κ3) is 2.86. The Morgan fingerprint density at radius 1 is 1.42 bits per heavy atom. The average molecular weight is 327 g/mol. The fourth-order valence-electron chi connectivity index (χ4n) is 3.21. The highest BCUT2D eigenvalue weighted by atomic mass is 79.9. The molecule has 1 unspecified atom stereocenters. The third-order valence-electron chi connectivity index (χ3n) is 4.52. The van der Waals surface area contributed by atoms with Crippen LogP contribution in [0.1, 0.15) is 25.3 Å². The van der Waals surface area contributed by atoms with Crippen LogP contribution >= 0.6 is 15.9 Å². The lowest BCUT2D eigenvalue weighted by molar-refractivity contribution is 0.0483. The Morgan fingerprint density at radius 3 is 2.89 bits per heavy atom. The zero-order valence-electron chi connectivity index (χ0n) is 11.3. The predicted molar refractivity (Wildman–Crippen MR) is 78.5 cm³/mol. The van der Waals surface area contributed by atoms with Crippen molar-refractivity contribution in [3.63, 3.8) is 0 Å². The molecule has 2 aliphatic rings. The number of benzene rings is 1. The Hall–Kier alpha value is -0.450. The fourth-order valence-corrected chi connectivity index (χ4v) is 3.73. The van der Waals surface area contributed by atoms with Gasteiger partial charge in [0, 0.05) is 36.2 Å². The summed E-state index contributed by atoms with van der Waals surface area (Å²) in [6.07, 6.45) is 2.67. The van der Waals surface area contributed by atoms with Gasteiger partial charge in [-0.1, -0.05) is 15.9 Å². The molecule has 0 spiro atoms. The highest BCUT2D eigenvalue weighted by molar-refractivity contribution is 9.10. The van der Waals surface area contributed by atoms with Gasteiger partial charge < -0.3 is 5.32 Å². The third-order valence-corrected chi connectivity index (χ3v) is 4.97. The summed E-state index contributed by atoms with van der Waals surface area (Å²) in [6.45, 7) is 6.31. The van der Waals surface area contributed by atoms with Crippen molar-refractivity contribution in [1.29, 1.82) is 0 Å². The second-order valence-electron chi connectivity index (χ2n) is 6.01. The van der Waals surface area contributed by atoms with E-state index in [1.165, 1.54) is 18.9 Å². The van der Waals surface area contributed by atoms with E-state index < -0.39 is 0 Å². The summed E-state index contributed by atoms with van der Waals surface area (Å²) in [5, 5.41) is 3.51. The minimum Gasteiger partial charge on any atom is -0.314 e. The first-order valence-electron chi connectivity index (χ1n) is 6.99. The van der Waals surface area contributed by atoms with Crippen molar-refractivity contribution in [2.24, 2.45) is 5.92 Å². The van der Waals surface area contributed by atoms with Gasteiger partial charge >= 0.3 is 0 Å². The quantitative estimate of drug-likeness (QED) is 0.917. The van der Waals surface area contributed by atoms with Gasteiger partial charge in [-0.25, -0.2) is 4.39 Å². The predicted octanol–water partition coefficient (Wildman–Crippen LogP) is 3.16. The first kappa shape index (κ1) is 13.5. The molecule has 2 fully saturated rings. The molecule has 0 bridgehead atoms. The molecule has 2 nitrogen and oxygen atoms in total. The van der Waals surface area contributed by atoms with E-state index in [-0.39, 0.29) is 11.4 Å². The number of hydrogen-bond acceptors (Lipinski definition) is 2. The second-order valence-corrected chi connectivity index (χ2v) is 6.92. The Balaban J connectivity index is 1.80. The maximum atomic E-state index is 13.5. The minimum absolute atomic E-state index is 0.160. The Labute approximate surface area is 122 Å². The van der Waals surface area contributed by atoms with Crippen LogP contribution in [-0.2, 0) is 6.54 Å². The van der Waals surface area contributed by atoms with E-state index in [1.807, 2.05) is 6.07 Å². The minimum atomic E-state index is -0.160. The van der Waals surface area contributed by atoms with Crippen LogP contribution in [0.4, 0.5) is 4.39 Å². The molecule has 0 amide bonds. The van der Waals surface area contributed by atoms with Gasteiger partial charge in [0.15, 0.2) is 0 Å². The SMILES string of the molecule is CC1(C2CC2)CNCCN1Cc1cc(F)cc(Br)c1. The van der Waals surface area contributed by atoms with Gasteiger partial charge in [-0.05, 0) is 49.4 Å². The van der Waals surface area contributed by atoms with E-state index in [2.05, 4.69) is 33.1 Å². The lowest BCUT2D eigenvalue weighted by Crippen LogP contribution is -2.60. The Morgan fingerprint density at radius 2 is 2.21 bits per heavy atom. The molecule has 0 aromatic heterocycles. The number of nitrogens with one attached hydrogen (secondary N) is 1. The number of halogens is 2. The van der Waals surface area contributed by atoms with Crippen LogP contribution in [0, 0.1) is 11.7 Å². The van der Waals surface area contributed by atoms with Gasteiger partial charge in [0.1, 0.15) is 5.82 Å². The summed E-state index contributed by atoms with van der Waals surface area (Å²) >= 11 is 3.38. The highest BCUT2D eigenvalue weighted by Crippen LogP contribution is 2.44. The lowest BCUT2D eigenvalue weighted by Gasteiger charge is -2.46. The summed E-state index contributed by atoms with van der Waals surface area (Å²) in [7, 11) is 0. The van der Waals surface area contributed by atoms with Gasteiger partial charge in [-0.15, -0.1) is 0 Å². The number of piperazine rings is 1. The largest absolute Gasteiger partial charge is 0.314 e. The van der Waals surface area contributed by atoms with Crippen molar-refractivity contribution in [3.05, 3.63) is 34.1 Å². The Kier molecular flexibility index (Phi) is 3.67. The van der Waals surface area contributed by atoms with E-state index in [4.69, 9.17) is 0 Å². The van der Waals surface area contributed by atoms with E-state index in [0.717, 1.165) is 42.1 Å². The molecule has 19 heavy (non-hydrogen) atoms. The number of nitrogens with zero attached hydrogens (tertiary/aromatic N) is 1. The summed E-state index contributed by atoms with van der Waals surface area (Å²) in [6, 6.07) is 5.19. The zero-order chi connectivity index (χ0) is 13.5. The standard InChI is InChI=1S/C15H20BrFN2/c1-15(12-2-3-12)10-18-4-5-19(15)9-11-6-13(16)8-14(17)7-11/h6-8,12,18H,2-5,9-10H2,1H3. The zero-order valence-corrected chi connectivity index (χ0v) is 12.8. The molecular weight excluding hydrogens is 307 g/mol. The number of hydrogen-bond donors (Lipinski definition) is 1. The monoisotopic (exact) mass is 326 g/mol. The molecule has 1 aliphatic carbocycles. The molecule has 1 saturated carbocycles. The van der Waals surface area contributed by atoms with Gasteiger partial charge in [0.2, 0.25) is 0 Å².